The molecule has 3 N–H and O–H groups in total. The first-order valence-electron chi connectivity index (χ1n) is 16.9. The third-order valence-electron chi connectivity index (χ3n) is 8.16. The summed E-state index contributed by atoms with van der Waals surface area (Å²) in [5.41, 5.74) is 3.76. The molecule has 4 aromatic carbocycles. The number of aliphatic hydroxyl groups excluding tert-OH is 1. The van der Waals surface area contributed by atoms with Crippen LogP contribution < -0.4 is 20.1 Å². The van der Waals surface area contributed by atoms with Gasteiger partial charge in [-0.05, 0) is 117 Å². The second-order valence-corrected chi connectivity index (χ2v) is 12.7. The second kappa shape index (κ2) is 19.0. The largest absolute Gasteiger partial charge is 0.497 e. The van der Waals surface area contributed by atoms with Crippen molar-refractivity contribution >= 4 is 23.4 Å². The molecule has 0 unspecified atom stereocenters. The van der Waals surface area contributed by atoms with E-state index in [1.165, 1.54) is 0 Å². The molecule has 0 saturated carbocycles. The minimum Gasteiger partial charge on any atom is -0.497 e. The molecule has 8 nitrogen and oxygen atoms in total. The molecule has 0 radical (unpaired) electrons. The average Bonchev–Trinajstić information content (AvgIpc) is 3.10. The molecule has 4 rings (SSSR count). The van der Waals surface area contributed by atoms with Gasteiger partial charge in [0.2, 0.25) is 0 Å². The Hall–Kier alpha value is -4.37. The normalized spacial score (nSPS) is 12.2. The second-order valence-electron chi connectivity index (χ2n) is 12.2. The Morgan fingerprint density at radius 3 is 2.14 bits per heavy atom. The van der Waals surface area contributed by atoms with Crippen LogP contribution in [0, 0.1) is 6.92 Å². The van der Waals surface area contributed by atoms with E-state index >= 15 is 0 Å². The van der Waals surface area contributed by atoms with Gasteiger partial charge in [0.05, 0.1) is 19.3 Å². The van der Waals surface area contributed by atoms with Gasteiger partial charge in [0.15, 0.2) is 0 Å². The Kier molecular flexibility index (Phi) is 14.5. The molecule has 49 heavy (non-hydrogen) atoms. The number of carbonyl (C=O) groups is 2. The quantitative estimate of drug-likeness (QED) is 0.0955. The van der Waals surface area contributed by atoms with Gasteiger partial charge >= 0.3 is 0 Å². The van der Waals surface area contributed by atoms with Gasteiger partial charge < -0.3 is 30.1 Å². The lowest BCUT2D eigenvalue weighted by atomic mass is 9.99. The molecule has 9 heteroatoms. The zero-order valence-electron chi connectivity index (χ0n) is 28.9. The summed E-state index contributed by atoms with van der Waals surface area (Å²) in [4.78, 5) is 28.9. The molecule has 0 fully saturated rings. The lowest BCUT2D eigenvalue weighted by Gasteiger charge is -2.25. The highest BCUT2D eigenvalue weighted by molar-refractivity contribution is 6.30. The Labute approximate surface area is 295 Å². The highest BCUT2D eigenvalue weighted by atomic mass is 35.5. The van der Waals surface area contributed by atoms with Crippen molar-refractivity contribution in [3.8, 4) is 17.2 Å². The molecule has 0 aliphatic carbocycles. The lowest BCUT2D eigenvalue weighted by molar-refractivity contribution is 0.0755. The first-order valence-corrected chi connectivity index (χ1v) is 17.3. The van der Waals surface area contributed by atoms with Gasteiger partial charge in [-0.25, -0.2) is 0 Å². The molecule has 0 heterocycles. The fraction of sp³-hybridized carbons (Fsp3) is 0.350. The molecule has 0 aromatic heterocycles. The SMILES string of the molecule is CCCN(CCC)C(=O)c1cc(C)cc(C(=O)N[C@@H](Cc2ccc(OC)cc2)[C@H](O)CNCCc2ccc(Oc3cccc(Cl)c3)cc2)c1. The maximum atomic E-state index is 13.7. The van der Waals surface area contributed by atoms with E-state index in [0.29, 0.717) is 48.0 Å². The molecule has 0 aliphatic rings. The fourth-order valence-corrected chi connectivity index (χ4v) is 5.82. The van der Waals surface area contributed by atoms with Crippen LogP contribution in [0.3, 0.4) is 0 Å². The van der Waals surface area contributed by atoms with Crippen molar-refractivity contribution in [1.29, 1.82) is 0 Å². The van der Waals surface area contributed by atoms with Crippen molar-refractivity contribution in [3.63, 3.8) is 0 Å². The van der Waals surface area contributed by atoms with Crippen LogP contribution >= 0.6 is 11.6 Å². The van der Waals surface area contributed by atoms with Crippen LogP contribution in [-0.2, 0) is 12.8 Å². The van der Waals surface area contributed by atoms with Gasteiger partial charge in [-0.3, -0.25) is 9.59 Å². The van der Waals surface area contributed by atoms with Crippen LogP contribution in [0.5, 0.6) is 17.2 Å². The predicted molar refractivity (Wildman–Crippen MR) is 196 cm³/mol. The first-order chi connectivity index (χ1) is 23.7. The van der Waals surface area contributed by atoms with Gasteiger partial charge in [0.25, 0.3) is 11.8 Å². The van der Waals surface area contributed by atoms with E-state index in [-0.39, 0.29) is 18.4 Å². The summed E-state index contributed by atoms with van der Waals surface area (Å²) in [7, 11) is 1.61. The van der Waals surface area contributed by atoms with Gasteiger partial charge in [-0.1, -0.05) is 55.8 Å². The van der Waals surface area contributed by atoms with Crippen LogP contribution in [0.25, 0.3) is 0 Å². The van der Waals surface area contributed by atoms with Crippen LogP contribution in [0.2, 0.25) is 5.02 Å². The minimum atomic E-state index is -0.880. The summed E-state index contributed by atoms with van der Waals surface area (Å²) in [5.74, 6) is 1.70. The number of aryl methyl sites for hydroxylation is 1. The fourth-order valence-electron chi connectivity index (χ4n) is 5.64. The Morgan fingerprint density at radius 2 is 1.49 bits per heavy atom. The Morgan fingerprint density at radius 1 is 0.837 bits per heavy atom. The summed E-state index contributed by atoms with van der Waals surface area (Å²) in [6, 6.07) is 27.4. The molecule has 2 amide bonds. The number of benzene rings is 4. The van der Waals surface area contributed by atoms with Gasteiger partial charge in [-0.15, -0.1) is 0 Å². The summed E-state index contributed by atoms with van der Waals surface area (Å²) in [6.45, 7) is 8.20. The molecule has 260 valence electrons. The first kappa shape index (κ1) is 37.4. The van der Waals surface area contributed by atoms with Crippen molar-refractivity contribution in [2.45, 2.75) is 58.6 Å². The van der Waals surface area contributed by atoms with Crippen molar-refractivity contribution in [3.05, 3.63) is 124 Å². The number of carbonyl (C=O) groups excluding carboxylic acids is 2. The summed E-state index contributed by atoms with van der Waals surface area (Å²) < 4.78 is 11.2. The number of amides is 2. The van der Waals surface area contributed by atoms with Crippen molar-refractivity contribution in [2.24, 2.45) is 0 Å². The third-order valence-corrected chi connectivity index (χ3v) is 8.39. The number of rotatable bonds is 18. The molecule has 0 aliphatic heterocycles. The van der Waals surface area contributed by atoms with E-state index in [1.807, 2.05) is 92.4 Å². The van der Waals surface area contributed by atoms with Gasteiger partial charge in [0, 0.05) is 35.8 Å². The smallest absolute Gasteiger partial charge is 0.253 e. The monoisotopic (exact) mass is 685 g/mol. The lowest BCUT2D eigenvalue weighted by Crippen LogP contribution is -2.49. The van der Waals surface area contributed by atoms with Crippen molar-refractivity contribution in [1.82, 2.24) is 15.5 Å². The molecular formula is C40H48ClN3O5. The molecular weight excluding hydrogens is 638 g/mol. The maximum absolute atomic E-state index is 13.7. The Balaban J connectivity index is 1.40. The summed E-state index contributed by atoms with van der Waals surface area (Å²) in [6.07, 6.45) is 1.99. The maximum Gasteiger partial charge on any atom is 0.253 e. The third kappa shape index (κ3) is 11.6. The average molecular weight is 686 g/mol. The zero-order chi connectivity index (χ0) is 35.2. The number of methoxy groups -OCH3 is 1. The van der Waals surface area contributed by atoms with Gasteiger partial charge in [-0.2, -0.15) is 0 Å². The molecule has 4 aromatic rings. The van der Waals surface area contributed by atoms with Crippen molar-refractivity contribution in [2.75, 3.05) is 33.3 Å². The molecule has 0 bridgehead atoms. The molecule has 2 atom stereocenters. The summed E-state index contributed by atoms with van der Waals surface area (Å²) in [5, 5.41) is 18.4. The van der Waals surface area contributed by atoms with Crippen LogP contribution in [0.1, 0.15) is 64.1 Å². The summed E-state index contributed by atoms with van der Waals surface area (Å²) >= 11 is 6.06. The van der Waals surface area contributed by atoms with E-state index in [1.54, 1.807) is 31.4 Å². The number of hydrogen-bond donors (Lipinski definition) is 3. The van der Waals surface area contributed by atoms with E-state index in [2.05, 4.69) is 10.6 Å². The topological polar surface area (TPSA) is 100 Å². The van der Waals surface area contributed by atoms with E-state index in [0.717, 1.165) is 47.5 Å². The van der Waals surface area contributed by atoms with Crippen LogP contribution in [0.4, 0.5) is 0 Å². The van der Waals surface area contributed by atoms with E-state index in [4.69, 9.17) is 21.1 Å². The number of halogens is 1. The molecule has 0 saturated heterocycles. The molecule has 0 spiro atoms. The number of aliphatic hydroxyl groups is 1. The zero-order valence-corrected chi connectivity index (χ0v) is 29.6. The van der Waals surface area contributed by atoms with E-state index in [9.17, 15) is 14.7 Å². The highest BCUT2D eigenvalue weighted by Crippen LogP contribution is 2.24. The van der Waals surface area contributed by atoms with Crippen molar-refractivity contribution < 1.29 is 24.2 Å². The van der Waals surface area contributed by atoms with Gasteiger partial charge in [0.1, 0.15) is 17.2 Å². The minimum absolute atomic E-state index is 0.0799. The number of hydrogen-bond acceptors (Lipinski definition) is 6. The van der Waals surface area contributed by atoms with Crippen LogP contribution in [-0.4, -0.2) is 67.3 Å². The number of ether oxygens (including phenoxy) is 2. The number of nitrogens with one attached hydrogen (secondary N) is 2. The standard InChI is InChI=1S/C40H48ClN3O5/c1-5-20-44(21-6-2)40(47)32-23-28(3)22-31(25-32)39(46)43-37(24-30-12-14-34(48-4)15-13-30)38(45)27-42-19-18-29-10-16-35(17-11-29)49-36-9-7-8-33(41)26-36/h7-17,22-23,25-26,37-38,42,45H,5-6,18-21,24,27H2,1-4H3,(H,43,46)/t37-,38+/m0/s1. The number of nitrogens with zero attached hydrogens (tertiary/aromatic N) is 1. The highest BCUT2D eigenvalue weighted by Gasteiger charge is 2.24. The Bertz CT molecular complexity index is 1640. The van der Waals surface area contributed by atoms with Crippen LogP contribution in [0.15, 0.2) is 91.0 Å². The predicted octanol–water partition coefficient (Wildman–Crippen LogP) is 7.25. The van der Waals surface area contributed by atoms with E-state index < -0.39 is 12.1 Å².